The first kappa shape index (κ1) is 6.38. The summed E-state index contributed by atoms with van der Waals surface area (Å²) in [5, 5.41) is 11.8. The Labute approximate surface area is 61.3 Å². The van der Waals surface area contributed by atoms with E-state index in [1.54, 1.807) is 0 Å². The van der Waals surface area contributed by atoms with Crippen LogP contribution in [0.25, 0.3) is 0 Å². The highest BCUT2D eigenvalue weighted by atomic mass is 16.5. The highest BCUT2D eigenvalue weighted by Crippen LogP contribution is 2.37. The zero-order chi connectivity index (χ0) is 7.19. The van der Waals surface area contributed by atoms with E-state index in [1.165, 1.54) is 5.57 Å². The third kappa shape index (κ3) is 0.662. The van der Waals surface area contributed by atoms with Crippen LogP contribution in [0.15, 0.2) is 12.2 Å². The average Bonchev–Trinajstić information content (AvgIpc) is 2.35. The van der Waals surface area contributed by atoms with Gasteiger partial charge in [0.15, 0.2) is 0 Å². The van der Waals surface area contributed by atoms with E-state index in [2.05, 4.69) is 6.58 Å². The summed E-state index contributed by atoms with van der Waals surface area (Å²) in [6.45, 7) is 5.56. The van der Waals surface area contributed by atoms with Gasteiger partial charge in [-0.3, -0.25) is 0 Å². The lowest BCUT2D eigenvalue weighted by atomic mass is 10.1. The molecular formula is C8H13NO. The van der Waals surface area contributed by atoms with Gasteiger partial charge in [-0.25, -0.2) is 0 Å². The predicted octanol–water partition coefficient (Wildman–Crippen LogP) is 1.42. The molecule has 0 aromatic heterocycles. The molecule has 2 saturated heterocycles. The maximum absolute atomic E-state index is 11.8. The Balaban J connectivity index is 2.27. The minimum absolute atomic E-state index is 0.0544. The fraction of sp³-hybridized carbons (Fsp3) is 0.750. The Kier molecular flexibility index (Phi) is 1.17. The number of hydrogen-bond acceptors (Lipinski definition) is 1. The molecule has 0 spiro atoms. The molecule has 0 aromatic carbocycles. The standard InChI is InChI=1S/C8H13NO/c1-7-4-6-9(10)5-2-3-8(7)9/h8H,1-6H2/t8-,9+/m0/s1. The zero-order valence-corrected chi connectivity index (χ0v) is 6.18. The van der Waals surface area contributed by atoms with Gasteiger partial charge in [-0.2, -0.15) is 0 Å². The van der Waals surface area contributed by atoms with Crippen LogP contribution in [0.2, 0.25) is 0 Å². The molecule has 0 unspecified atom stereocenters. The Bertz CT molecular complexity index is 178. The molecule has 2 aliphatic rings. The molecule has 0 saturated carbocycles. The molecule has 0 radical (unpaired) electrons. The van der Waals surface area contributed by atoms with Crippen molar-refractivity contribution in [3.63, 3.8) is 0 Å². The fourth-order valence-corrected chi connectivity index (χ4v) is 2.25. The first-order valence-electron chi connectivity index (χ1n) is 3.98. The molecule has 2 fully saturated rings. The number of fused-ring (bicyclic) bond motifs is 1. The second-order valence-electron chi connectivity index (χ2n) is 3.47. The van der Waals surface area contributed by atoms with E-state index >= 15 is 0 Å². The number of quaternary nitrogens is 1. The summed E-state index contributed by atoms with van der Waals surface area (Å²) >= 11 is 0. The Morgan fingerprint density at radius 1 is 1.50 bits per heavy atom. The van der Waals surface area contributed by atoms with Gasteiger partial charge in [0.1, 0.15) is 6.04 Å². The van der Waals surface area contributed by atoms with Crippen molar-refractivity contribution < 1.29 is 4.65 Å². The zero-order valence-electron chi connectivity index (χ0n) is 6.18. The molecule has 56 valence electrons. The quantitative estimate of drug-likeness (QED) is 0.283. The summed E-state index contributed by atoms with van der Waals surface area (Å²) in [6.07, 6.45) is 3.16. The molecule has 2 heterocycles. The van der Waals surface area contributed by atoms with Gasteiger partial charge in [-0.1, -0.05) is 6.58 Å². The summed E-state index contributed by atoms with van der Waals surface area (Å²) in [4.78, 5) is 0. The minimum atomic E-state index is 0.0544. The first-order chi connectivity index (χ1) is 4.72. The van der Waals surface area contributed by atoms with Gasteiger partial charge < -0.3 is 9.85 Å². The van der Waals surface area contributed by atoms with Crippen LogP contribution in [0.4, 0.5) is 0 Å². The van der Waals surface area contributed by atoms with Crippen molar-refractivity contribution in [3.8, 4) is 0 Å². The van der Waals surface area contributed by atoms with E-state index in [4.69, 9.17) is 0 Å². The van der Waals surface area contributed by atoms with E-state index in [0.29, 0.717) is 0 Å². The van der Waals surface area contributed by atoms with Crippen molar-refractivity contribution in [1.82, 2.24) is 0 Å². The molecule has 0 aromatic rings. The van der Waals surface area contributed by atoms with Crippen molar-refractivity contribution in [2.75, 3.05) is 13.1 Å². The summed E-state index contributed by atoms with van der Waals surface area (Å²) in [7, 11) is 0. The van der Waals surface area contributed by atoms with Gasteiger partial charge in [0.2, 0.25) is 0 Å². The van der Waals surface area contributed by atoms with Crippen molar-refractivity contribution in [1.29, 1.82) is 0 Å². The second-order valence-corrected chi connectivity index (χ2v) is 3.47. The third-order valence-corrected chi connectivity index (χ3v) is 2.86. The SMILES string of the molecule is C=C1CC[N@+]2([O-])CCC[C@@H]12. The van der Waals surface area contributed by atoms with E-state index in [1.807, 2.05) is 0 Å². The molecule has 2 atom stereocenters. The second kappa shape index (κ2) is 1.83. The minimum Gasteiger partial charge on any atom is -0.632 e. The van der Waals surface area contributed by atoms with E-state index in [0.717, 1.165) is 32.4 Å². The molecule has 0 amide bonds. The van der Waals surface area contributed by atoms with Gasteiger partial charge in [-0.05, 0) is 5.57 Å². The molecule has 10 heavy (non-hydrogen) atoms. The van der Waals surface area contributed by atoms with Crippen LogP contribution in [0.1, 0.15) is 19.3 Å². The van der Waals surface area contributed by atoms with E-state index < -0.39 is 0 Å². The molecule has 0 N–H and O–H groups in total. The molecule has 2 nitrogen and oxygen atoms in total. The lowest BCUT2D eigenvalue weighted by Gasteiger charge is -2.38. The Morgan fingerprint density at radius 3 is 3.00 bits per heavy atom. The number of nitrogens with zero attached hydrogens (tertiary/aromatic N) is 1. The smallest absolute Gasteiger partial charge is 0.110 e. The predicted molar refractivity (Wildman–Crippen MR) is 40.1 cm³/mol. The Hall–Kier alpha value is -0.340. The number of hydrogen-bond donors (Lipinski definition) is 0. The molecule has 0 aliphatic carbocycles. The average molecular weight is 139 g/mol. The number of hydroxylamine groups is 3. The van der Waals surface area contributed by atoms with Crippen LogP contribution in [0, 0.1) is 5.21 Å². The van der Waals surface area contributed by atoms with Crippen molar-refractivity contribution >= 4 is 0 Å². The normalized spacial score (nSPS) is 46.1. The highest BCUT2D eigenvalue weighted by molar-refractivity contribution is 5.08. The summed E-state index contributed by atoms with van der Waals surface area (Å²) in [5.41, 5.74) is 1.20. The Morgan fingerprint density at radius 2 is 2.30 bits per heavy atom. The van der Waals surface area contributed by atoms with Crippen LogP contribution in [0.3, 0.4) is 0 Å². The topological polar surface area (TPSA) is 23.1 Å². The van der Waals surface area contributed by atoms with Crippen molar-refractivity contribution in [3.05, 3.63) is 17.4 Å². The molecule has 0 bridgehead atoms. The van der Waals surface area contributed by atoms with Gasteiger partial charge in [0, 0.05) is 19.3 Å². The van der Waals surface area contributed by atoms with Crippen LogP contribution >= 0.6 is 0 Å². The highest BCUT2D eigenvalue weighted by Gasteiger charge is 2.41. The lowest BCUT2D eigenvalue weighted by molar-refractivity contribution is -0.876. The summed E-state index contributed by atoms with van der Waals surface area (Å²) in [5.74, 6) is 0. The van der Waals surface area contributed by atoms with Crippen LogP contribution in [0.5, 0.6) is 0 Å². The van der Waals surface area contributed by atoms with E-state index in [-0.39, 0.29) is 10.7 Å². The maximum atomic E-state index is 11.8. The van der Waals surface area contributed by atoms with Crippen molar-refractivity contribution in [2.45, 2.75) is 25.3 Å². The monoisotopic (exact) mass is 139 g/mol. The van der Waals surface area contributed by atoms with Crippen LogP contribution < -0.4 is 0 Å². The van der Waals surface area contributed by atoms with Gasteiger partial charge >= 0.3 is 0 Å². The molecular weight excluding hydrogens is 126 g/mol. The molecule has 2 heteroatoms. The van der Waals surface area contributed by atoms with Crippen LogP contribution in [-0.2, 0) is 0 Å². The van der Waals surface area contributed by atoms with Gasteiger partial charge in [0.25, 0.3) is 0 Å². The van der Waals surface area contributed by atoms with Crippen molar-refractivity contribution in [2.24, 2.45) is 0 Å². The largest absolute Gasteiger partial charge is 0.632 e. The molecule has 2 aliphatic heterocycles. The fourth-order valence-electron chi connectivity index (χ4n) is 2.25. The summed E-state index contributed by atoms with van der Waals surface area (Å²) < 4.78 is 0.0544. The van der Waals surface area contributed by atoms with Gasteiger partial charge in [0.05, 0.1) is 13.1 Å². The lowest BCUT2D eigenvalue weighted by Crippen LogP contribution is -2.41. The van der Waals surface area contributed by atoms with Crippen LogP contribution in [-0.4, -0.2) is 23.8 Å². The summed E-state index contributed by atoms with van der Waals surface area (Å²) in [6, 6.07) is 0.278. The maximum Gasteiger partial charge on any atom is 0.110 e. The van der Waals surface area contributed by atoms with Gasteiger partial charge in [-0.15, -0.1) is 0 Å². The third-order valence-electron chi connectivity index (χ3n) is 2.86. The van der Waals surface area contributed by atoms with E-state index in [9.17, 15) is 5.21 Å². The number of rotatable bonds is 0. The molecule has 2 rings (SSSR count). The first-order valence-corrected chi connectivity index (χ1v) is 3.98.